The second-order valence-electron chi connectivity index (χ2n) is 5.55. The first-order valence-corrected chi connectivity index (χ1v) is 7.53. The van der Waals surface area contributed by atoms with Crippen molar-refractivity contribution in [3.8, 4) is 0 Å². The summed E-state index contributed by atoms with van der Waals surface area (Å²) in [6, 6.07) is 3.86. The van der Waals surface area contributed by atoms with Crippen LogP contribution in [0.4, 0.5) is 10.1 Å². The normalized spacial score (nSPS) is 15.2. The fraction of sp³-hybridized carbons (Fsp3) is 0.438. The zero-order valence-corrected chi connectivity index (χ0v) is 12.7. The van der Waals surface area contributed by atoms with E-state index in [0.29, 0.717) is 13.0 Å². The van der Waals surface area contributed by atoms with Crippen molar-refractivity contribution in [2.24, 2.45) is 0 Å². The molecule has 0 atom stereocenters. The van der Waals surface area contributed by atoms with E-state index in [0.717, 1.165) is 25.3 Å². The number of anilines is 1. The van der Waals surface area contributed by atoms with Gasteiger partial charge in [0.1, 0.15) is 5.82 Å². The Labute approximate surface area is 133 Å². The van der Waals surface area contributed by atoms with E-state index in [9.17, 15) is 18.8 Å². The number of likely N-dealkylation sites (tertiary alicyclic amines) is 1. The zero-order valence-electron chi connectivity index (χ0n) is 12.7. The molecule has 1 fully saturated rings. The van der Waals surface area contributed by atoms with Crippen LogP contribution in [0.25, 0.3) is 0 Å². The maximum atomic E-state index is 13.8. The lowest BCUT2D eigenvalue weighted by Crippen LogP contribution is -2.37. The van der Waals surface area contributed by atoms with Crippen LogP contribution in [0.5, 0.6) is 0 Å². The molecule has 1 aromatic rings. The van der Waals surface area contributed by atoms with Crippen LogP contribution in [0.3, 0.4) is 0 Å². The summed E-state index contributed by atoms with van der Waals surface area (Å²) in [7, 11) is 0. The molecule has 0 aliphatic carbocycles. The van der Waals surface area contributed by atoms with E-state index >= 15 is 0 Å². The van der Waals surface area contributed by atoms with Crippen molar-refractivity contribution in [1.29, 1.82) is 0 Å². The molecule has 2 N–H and O–H groups in total. The minimum atomic E-state index is -1.12. The van der Waals surface area contributed by atoms with Gasteiger partial charge in [0.15, 0.2) is 0 Å². The zero-order chi connectivity index (χ0) is 16.8. The highest BCUT2D eigenvalue weighted by Gasteiger charge is 2.19. The third kappa shape index (κ3) is 5.05. The van der Waals surface area contributed by atoms with Gasteiger partial charge in [-0.05, 0) is 30.5 Å². The summed E-state index contributed by atoms with van der Waals surface area (Å²) in [5.74, 6) is -2.25. The molecule has 0 radical (unpaired) electrons. The van der Waals surface area contributed by atoms with Crippen LogP contribution in [0, 0.1) is 5.82 Å². The van der Waals surface area contributed by atoms with Gasteiger partial charge in [-0.1, -0.05) is 12.5 Å². The van der Waals surface area contributed by atoms with Gasteiger partial charge in [-0.25, -0.2) is 4.39 Å². The number of hydrogen-bond donors (Lipinski definition) is 2. The summed E-state index contributed by atoms with van der Waals surface area (Å²) in [5, 5.41) is 11.2. The number of carboxylic acid groups (broad SMARTS) is 1. The third-order valence-corrected chi connectivity index (χ3v) is 3.68. The molecule has 2 amide bonds. The molecule has 0 bridgehead atoms. The molecule has 1 aliphatic rings. The number of rotatable bonds is 5. The van der Waals surface area contributed by atoms with Gasteiger partial charge >= 0.3 is 5.97 Å². The second-order valence-corrected chi connectivity index (χ2v) is 5.55. The maximum absolute atomic E-state index is 13.8. The van der Waals surface area contributed by atoms with Gasteiger partial charge < -0.3 is 15.3 Å². The Morgan fingerprint density at radius 2 is 2.04 bits per heavy atom. The monoisotopic (exact) mass is 322 g/mol. The first kappa shape index (κ1) is 16.9. The largest absolute Gasteiger partial charge is 0.481 e. The average molecular weight is 322 g/mol. The van der Waals surface area contributed by atoms with Crippen LogP contribution < -0.4 is 5.32 Å². The van der Waals surface area contributed by atoms with Crippen molar-refractivity contribution in [3.05, 3.63) is 29.6 Å². The van der Waals surface area contributed by atoms with Crippen molar-refractivity contribution in [2.45, 2.75) is 32.1 Å². The minimum absolute atomic E-state index is 0.0411. The fourth-order valence-corrected chi connectivity index (χ4v) is 2.51. The molecule has 124 valence electrons. The van der Waals surface area contributed by atoms with Crippen LogP contribution in [0.15, 0.2) is 18.2 Å². The Hall–Kier alpha value is -2.44. The molecule has 0 spiro atoms. The molecule has 6 nitrogen and oxygen atoms in total. The lowest BCUT2D eigenvalue weighted by atomic mass is 10.1. The summed E-state index contributed by atoms with van der Waals surface area (Å²) in [4.78, 5) is 35.9. The minimum Gasteiger partial charge on any atom is -0.481 e. The predicted octanol–water partition coefficient (Wildman–Crippen LogP) is 1.79. The first-order chi connectivity index (χ1) is 11.0. The summed E-state index contributed by atoms with van der Waals surface area (Å²) in [5.41, 5.74) is 0.294. The number of nitrogens with one attached hydrogen (secondary N) is 1. The van der Waals surface area contributed by atoms with Gasteiger partial charge in [0, 0.05) is 18.7 Å². The first-order valence-electron chi connectivity index (χ1n) is 7.53. The molecule has 23 heavy (non-hydrogen) atoms. The molecule has 0 unspecified atom stereocenters. The van der Waals surface area contributed by atoms with Gasteiger partial charge in [0.05, 0.1) is 13.0 Å². The van der Waals surface area contributed by atoms with Crippen molar-refractivity contribution < 1.29 is 23.9 Å². The summed E-state index contributed by atoms with van der Waals surface area (Å²) < 4.78 is 13.8. The number of aliphatic carboxylic acids is 1. The molecule has 7 heteroatoms. The number of amides is 2. The van der Waals surface area contributed by atoms with Gasteiger partial charge in [-0.3, -0.25) is 14.4 Å². The average Bonchev–Trinajstić information content (AvgIpc) is 2.67. The quantitative estimate of drug-likeness (QED) is 0.865. The standard InChI is InChI=1S/C16H19FN2O4/c17-13-9-12(6-5-11(13)8-16(22)23)18-14(20)10-19-7-3-1-2-4-15(19)21/h5-6,9H,1-4,7-8,10H2,(H,18,20)(H,22,23). The Morgan fingerprint density at radius 1 is 1.26 bits per heavy atom. The number of hydrogen-bond acceptors (Lipinski definition) is 3. The fourth-order valence-electron chi connectivity index (χ4n) is 2.51. The highest BCUT2D eigenvalue weighted by Crippen LogP contribution is 2.16. The summed E-state index contributed by atoms with van der Waals surface area (Å²) in [6.07, 6.45) is 2.72. The molecular formula is C16H19FN2O4. The Balaban J connectivity index is 1.95. The Bertz CT molecular complexity index is 618. The van der Waals surface area contributed by atoms with Crippen LogP contribution in [0.1, 0.15) is 31.2 Å². The summed E-state index contributed by atoms with van der Waals surface area (Å²) in [6.45, 7) is 0.496. The lowest BCUT2D eigenvalue weighted by Gasteiger charge is -2.19. The molecule has 1 saturated heterocycles. The van der Waals surface area contributed by atoms with Gasteiger partial charge in [-0.2, -0.15) is 0 Å². The van der Waals surface area contributed by atoms with Crippen LogP contribution in [-0.4, -0.2) is 40.9 Å². The highest BCUT2D eigenvalue weighted by atomic mass is 19.1. The number of carbonyl (C=O) groups is 3. The third-order valence-electron chi connectivity index (χ3n) is 3.68. The van der Waals surface area contributed by atoms with Crippen LogP contribution >= 0.6 is 0 Å². The predicted molar refractivity (Wildman–Crippen MR) is 81.4 cm³/mol. The summed E-state index contributed by atoms with van der Waals surface area (Å²) >= 11 is 0. The lowest BCUT2D eigenvalue weighted by molar-refractivity contribution is -0.136. The maximum Gasteiger partial charge on any atom is 0.307 e. The van der Waals surface area contributed by atoms with E-state index in [-0.39, 0.29) is 23.7 Å². The number of halogens is 1. The molecular weight excluding hydrogens is 303 g/mol. The molecule has 1 aliphatic heterocycles. The molecule has 0 aromatic heterocycles. The molecule has 1 aromatic carbocycles. The van der Waals surface area contributed by atoms with E-state index < -0.39 is 24.1 Å². The molecule has 0 saturated carbocycles. The van der Waals surface area contributed by atoms with Gasteiger partial charge in [-0.15, -0.1) is 0 Å². The van der Waals surface area contributed by atoms with E-state index in [1.165, 1.54) is 17.0 Å². The number of nitrogens with zero attached hydrogens (tertiary/aromatic N) is 1. The van der Waals surface area contributed by atoms with Crippen molar-refractivity contribution in [3.63, 3.8) is 0 Å². The van der Waals surface area contributed by atoms with Crippen molar-refractivity contribution >= 4 is 23.5 Å². The van der Waals surface area contributed by atoms with Crippen LogP contribution in [-0.2, 0) is 20.8 Å². The van der Waals surface area contributed by atoms with Crippen molar-refractivity contribution in [1.82, 2.24) is 4.90 Å². The number of carboxylic acids is 1. The van der Waals surface area contributed by atoms with E-state index in [1.54, 1.807) is 0 Å². The van der Waals surface area contributed by atoms with E-state index in [1.807, 2.05) is 0 Å². The number of carbonyl (C=O) groups excluding carboxylic acids is 2. The Kier molecular flexibility index (Phi) is 5.67. The second kappa shape index (κ2) is 7.71. The van der Waals surface area contributed by atoms with Gasteiger partial charge in [0.2, 0.25) is 11.8 Å². The Morgan fingerprint density at radius 3 is 2.74 bits per heavy atom. The van der Waals surface area contributed by atoms with E-state index in [2.05, 4.69) is 5.32 Å². The molecule has 2 rings (SSSR count). The topological polar surface area (TPSA) is 86.7 Å². The van der Waals surface area contributed by atoms with E-state index in [4.69, 9.17) is 5.11 Å². The number of benzene rings is 1. The van der Waals surface area contributed by atoms with Crippen molar-refractivity contribution in [2.75, 3.05) is 18.4 Å². The SMILES string of the molecule is O=C(O)Cc1ccc(NC(=O)CN2CCCCCC2=O)cc1F. The highest BCUT2D eigenvalue weighted by molar-refractivity contribution is 5.94. The van der Waals surface area contributed by atoms with Crippen LogP contribution in [0.2, 0.25) is 0 Å². The van der Waals surface area contributed by atoms with Gasteiger partial charge in [0.25, 0.3) is 0 Å². The molecule has 1 heterocycles. The smallest absolute Gasteiger partial charge is 0.307 e.